The summed E-state index contributed by atoms with van der Waals surface area (Å²) in [6.45, 7) is 1.75. The fourth-order valence-electron chi connectivity index (χ4n) is 2.56. The van der Waals surface area contributed by atoms with E-state index in [-0.39, 0.29) is 43.7 Å². The molecule has 0 amide bonds. The van der Waals surface area contributed by atoms with E-state index in [9.17, 15) is 13.6 Å². The van der Waals surface area contributed by atoms with Gasteiger partial charge in [0.05, 0.1) is 39.1 Å². The molecule has 1 aromatic heterocycles. The molecule has 0 aliphatic rings. The smallest absolute Gasteiger partial charge is 0.358 e. The molecule has 1 aromatic carbocycles. The number of hydrogen-bond donors (Lipinski definition) is 3. The van der Waals surface area contributed by atoms with E-state index in [4.69, 9.17) is 51.0 Å². The highest BCUT2D eigenvalue weighted by Crippen LogP contribution is 2.43. The first-order valence-electron chi connectivity index (χ1n) is 8.05. The van der Waals surface area contributed by atoms with Crippen LogP contribution in [0.5, 0.6) is 0 Å². The molecule has 29 heavy (non-hydrogen) atoms. The number of hydrogen-bond acceptors (Lipinski definition) is 5. The van der Waals surface area contributed by atoms with Gasteiger partial charge >= 0.3 is 5.97 Å². The molecule has 0 atom stereocenters. The van der Waals surface area contributed by atoms with E-state index in [1.54, 1.807) is 6.92 Å². The Bertz CT molecular complexity index is 982. The van der Waals surface area contributed by atoms with Gasteiger partial charge in [-0.3, -0.25) is 5.43 Å². The number of aromatic nitrogens is 1. The van der Waals surface area contributed by atoms with E-state index in [1.165, 1.54) is 12.1 Å². The number of benzene rings is 1. The standard InChI is InChI=1S/C17H16Cl3F2N5O2/c1-3-6-11(20)14(16(28)29-2)25-12(13(6)26-27-17(23)24)7-4-5-8(18)9(10(7)19)15(21)22/h4-5,15,26H,3H2,1-2H3,(H4,23,24,27). The molecule has 0 aliphatic heterocycles. The van der Waals surface area contributed by atoms with Gasteiger partial charge in [0.2, 0.25) is 5.96 Å². The van der Waals surface area contributed by atoms with Crippen molar-refractivity contribution in [1.82, 2.24) is 4.98 Å². The number of carbonyl (C=O) groups is 1. The Labute approximate surface area is 180 Å². The Kier molecular flexibility index (Phi) is 7.45. The monoisotopic (exact) mass is 465 g/mol. The number of carbonyl (C=O) groups excluding carboxylic acids is 1. The Morgan fingerprint density at radius 3 is 2.45 bits per heavy atom. The summed E-state index contributed by atoms with van der Waals surface area (Å²) in [5.41, 5.74) is 13.2. The second-order valence-electron chi connectivity index (χ2n) is 5.59. The molecule has 7 nitrogen and oxygen atoms in total. The number of esters is 1. The average molecular weight is 467 g/mol. The lowest BCUT2D eigenvalue weighted by Gasteiger charge is -2.18. The van der Waals surface area contributed by atoms with E-state index >= 15 is 0 Å². The van der Waals surface area contributed by atoms with E-state index in [2.05, 4.69) is 15.5 Å². The minimum absolute atomic E-state index is 0.00411. The summed E-state index contributed by atoms with van der Waals surface area (Å²) in [4.78, 5) is 16.3. The van der Waals surface area contributed by atoms with Crippen molar-refractivity contribution >= 4 is 52.4 Å². The minimum Gasteiger partial charge on any atom is -0.464 e. The number of hydrazone groups is 1. The molecule has 0 spiro atoms. The fourth-order valence-corrected chi connectivity index (χ4v) is 3.54. The molecule has 12 heteroatoms. The average Bonchev–Trinajstić information content (AvgIpc) is 2.65. The molecule has 1 heterocycles. The number of nitrogens with one attached hydrogen (secondary N) is 1. The number of pyridine rings is 1. The molecule has 0 fully saturated rings. The predicted octanol–water partition coefficient (Wildman–Crippen LogP) is 4.60. The normalized spacial score (nSPS) is 10.8. The maximum Gasteiger partial charge on any atom is 0.358 e. The van der Waals surface area contributed by atoms with Crippen LogP contribution in [0.15, 0.2) is 17.2 Å². The van der Waals surface area contributed by atoms with Gasteiger partial charge in [0.1, 0.15) is 0 Å². The SMILES string of the molecule is CCc1c(Cl)c(C(=O)OC)nc(-c2ccc(Cl)c(C(F)F)c2Cl)c1NN=C(N)N. The summed E-state index contributed by atoms with van der Waals surface area (Å²) < 4.78 is 31.6. The van der Waals surface area contributed by atoms with E-state index in [0.29, 0.717) is 12.0 Å². The van der Waals surface area contributed by atoms with Crippen LogP contribution < -0.4 is 16.9 Å². The highest BCUT2D eigenvalue weighted by atomic mass is 35.5. The summed E-state index contributed by atoms with van der Waals surface area (Å²) in [5.74, 6) is -1.12. The zero-order valence-corrected chi connectivity index (χ0v) is 17.5. The molecule has 0 bridgehead atoms. The number of methoxy groups -OCH3 is 1. The number of halogens is 5. The lowest BCUT2D eigenvalue weighted by atomic mass is 10.0. The molecule has 2 rings (SSSR count). The first-order valence-corrected chi connectivity index (χ1v) is 9.19. The van der Waals surface area contributed by atoms with Gasteiger partial charge < -0.3 is 16.2 Å². The molecule has 0 aliphatic carbocycles. The van der Waals surface area contributed by atoms with Crippen molar-refractivity contribution in [3.63, 3.8) is 0 Å². The number of alkyl halides is 2. The number of ether oxygens (including phenoxy) is 1. The van der Waals surface area contributed by atoms with E-state index in [0.717, 1.165) is 7.11 Å². The molecule has 0 radical (unpaired) electrons. The molecule has 5 N–H and O–H groups in total. The fraction of sp³-hybridized carbons (Fsp3) is 0.235. The molecule has 0 unspecified atom stereocenters. The molecule has 2 aromatic rings. The van der Waals surface area contributed by atoms with Crippen LogP contribution >= 0.6 is 34.8 Å². The number of nitrogens with two attached hydrogens (primary N) is 2. The van der Waals surface area contributed by atoms with Crippen molar-refractivity contribution in [1.29, 1.82) is 0 Å². The van der Waals surface area contributed by atoms with Crippen LogP contribution in [0.2, 0.25) is 15.1 Å². The minimum atomic E-state index is -2.94. The van der Waals surface area contributed by atoms with Crippen molar-refractivity contribution in [2.24, 2.45) is 16.6 Å². The summed E-state index contributed by atoms with van der Waals surface area (Å²) in [6, 6.07) is 2.63. The third-order valence-corrected chi connectivity index (χ3v) is 5.01. The topological polar surface area (TPSA) is 116 Å². The zero-order valence-electron chi connectivity index (χ0n) is 15.2. The third-order valence-electron chi connectivity index (χ3n) is 3.86. The van der Waals surface area contributed by atoms with Crippen molar-refractivity contribution in [3.05, 3.63) is 44.0 Å². The van der Waals surface area contributed by atoms with E-state index < -0.39 is 18.0 Å². The van der Waals surface area contributed by atoms with Gasteiger partial charge in [0.25, 0.3) is 6.43 Å². The van der Waals surface area contributed by atoms with Crippen molar-refractivity contribution in [2.75, 3.05) is 12.5 Å². The van der Waals surface area contributed by atoms with Crippen LogP contribution in [-0.2, 0) is 11.2 Å². The first kappa shape index (κ1) is 22.9. The first-order chi connectivity index (χ1) is 13.6. The summed E-state index contributed by atoms with van der Waals surface area (Å²) in [7, 11) is 1.15. The van der Waals surface area contributed by atoms with Crippen molar-refractivity contribution in [2.45, 2.75) is 19.8 Å². The Hall–Kier alpha value is -2.36. The molecule has 0 saturated carbocycles. The Morgan fingerprint density at radius 2 is 1.93 bits per heavy atom. The second-order valence-corrected chi connectivity index (χ2v) is 6.76. The lowest BCUT2D eigenvalue weighted by molar-refractivity contribution is 0.0594. The van der Waals surface area contributed by atoms with Crippen LogP contribution in [-0.4, -0.2) is 24.0 Å². The lowest BCUT2D eigenvalue weighted by Crippen LogP contribution is -2.24. The number of guanidine groups is 1. The van der Waals surface area contributed by atoms with Crippen molar-refractivity contribution in [3.8, 4) is 11.3 Å². The van der Waals surface area contributed by atoms with Crippen LogP contribution in [0, 0.1) is 0 Å². The maximum absolute atomic E-state index is 13.5. The van der Waals surface area contributed by atoms with Gasteiger partial charge in [-0.2, -0.15) is 0 Å². The number of rotatable bonds is 6. The second kappa shape index (κ2) is 9.43. The van der Waals surface area contributed by atoms with Crippen LogP contribution in [0.25, 0.3) is 11.3 Å². The van der Waals surface area contributed by atoms with Crippen LogP contribution in [0.3, 0.4) is 0 Å². The third kappa shape index (κ3) is 4.63. The summed E-state index contributed by atoms with van der Waals surface area (Å²) >= 11 is 18.4. The number of nitrogens with zero attached hydrogens (tertiary/aromatic N) is 2. The van der Waals surface area contributed by atoms with Gasteiger partial charge in [0, 0.05) is 11.1 Å². The quantitative estimate of drug-likeness (QED) is 0.248. The van der Waals surface area contributed by atoms with Gasteiger partial charge in [-0.15, -0.1) is 5.10 Å². The van der Waals surface area contributed by atoms with Crippen LogP contribution in [0.1, 0.15) is 35.0 Å². The highest BCUT2D eigenvalue weighted by molar-refractivity contribution is 6.38. The van der Waals surface area contributed by atoms with E-state index in [1.807, 2.05) is 0 Å². The molecule has 156 valence electrons. The molecular formula is C17H16Cl3F2N5O2. The summed E-state index contributed by atoms with van der Waals surface area (Å²) in [5, 5.41) is 3.16. The maximum atomic E-state index is 13.5. The Balaban J connectivity index is 2.93. The summed E-state index contributed by atoms with van der Waals surface area (Å²) in [6.07, 6.45) is -2.63. The van der Waals surface area contributed by atoms with Gasteiger partial charge in [-0.05, 0) is 18.6 Å². The predicted molar refractivity (Wildman–Crippen MR) is 110 cm³/mol. The molecular weight excluding hydrogens is 451 g/mol. The number of anilines is 1. The van der Waals surface area contributed by atoms with Crippen LogP contribution in [0.4, 0.5) is 14.5 Å². The van der Waals surface area contributed by atoms with Gasteiger partial charge in [0.15, 0.2) is 5.69 Å². The Morgan fingerprint density at radius 1 is 1.28 bits per heavy atom. The zero-order chi connectivity index (χ0) is 21.9. The van der Waals surface area contributed by atoms with Crippen molar-refractivity contribution < 1.29 is 18.3 Å². The molecule has 0 saturated heterocycles. The largest absolute Gasteiger partial charge is 0.464 e. The highest BCUT2D eigenvalue weighted by Gasteiger charge is 2.27. The van der Waals surface area contributed by atoms with Gasteiger partial charge in [-0.25, -0.2) is 18.6 Å². The van der Waals surface area contributed by atoms with Gasteiger partial charge in [-0.1, -0.05) is 41.7 Å².